The lowest BCUT2D eigenvalue weighted by Crippen LogP contribution is -2.43. The molecule has 0 amide bonds. The van der Waals surface area contributed by atoms with Crippen molar-refractivity contribution >= 4 is 15.9 Å². The molecule has 1 fully saturated rings. The lowest BCUT2D eigenvalue weighted by Gasteiger charge is -2.31. The summed E-state index contributed by atoms with van der Waals surface area (Å²) in [6, 6.07) is 4.42. The second-order valence-corrected chi connectivity index (χ2v) is 5.90. The molecule has 0 aliphatic carbocycles. The van der Waals surface area contributed by atoms with Crippen molar-refractivity contribution in [2.75, 3.05) is 27.2 Å². The monoisotopic (exact) mass is 328 g/mol. The van der Waals surface area contributed by atoms with Crippen LogP contribution in [0.15, 0.2) is 16.6 Å². The first-order valence-electron chi connectivity index (χ1n) is 6.58. The summed E-state index contributed by atoms with van der Waals surface area (Å²) in [6.07, 6.45) is 2.47. The van der Waals surface area contributed by atoms with Crippen molar-refractivity contribution in [2.45, 2.75) is 25.4 Å². The van der Waals surface area contributed by atoms with Crippen LogP contribution in [0, 0.1) is 0 Å². The molecule has 0 bridgehead atoms. The van der Waals surface area contributed by atoms with Crippen LogP contribution in [0.1, 0.15) is 18.4 Å². The molecule has 0 aromatic heterocycles. The van der Waals surface area contributed by atoms with Crippen LogP contribution in [0.4, 0.5) is 0 Å². The Bertz CT molecular complexity index is 434. The molecule has 0 spiro atoms. The predicted molar refractivity (Wildman–Crippen MR) is 79.7 cm³/mol. The fourth-order valence-electron chi connectivity index (χ4n) is 2.50. The summed E-state index contributed by atoms with van der Waals surface area (Å²) >= 11 is 3.36. The van der Waals surface area contributed by atoms with Gasteiger partial charge in [-0.15, -0.1) is 0 Å². The normalized spacial score (nSPS) is 19.7. The SMILES string of the molecule is COc1cc(CN(C)C2CCCNC2)cc(Br)c1O. The summed E-state index contributed by atoms with van der Waals surface area (Å²) in [7, 11) is 3.71. The van der Waals surface area contributed by atoms with Crippen LogP contribution in [0.2, 0.25) is 0 Å². The number of rotatable bonds is 4. The smallest absolute Gasteiger partial charge is 0.172 e. The van der Waals surface area contributed by atoms with Crippen LogP contribution in [0.5, 0.6) is 11.5 Å². The van der Waals surface area contributed by atoms with Crippen LogP contribution in [-0.4, -0.2) is 43.3 Å². The molecule has 106 valence electrons. The molecule has 2 rings (SSSR count). The first kappa shape index (κ1) is 14.6. The van der Waals surface area contributed by atoms with E-state index in [0.717, 1.165) is 25.2 Å². The highest BCUT2D eigenvalue weighted by Gasteiger charge is 2.18. The summed E-state index contributed by atoms with van der Waals surface area (Å²) in [5.74, 6) is 0.674. The van der Waals surface area contributed by atoms with Gasteiger partial charge in [-0.05, 0) is 60.1 Å². The zero-order valence-corrected chi connectivity index (χ0v) is 13.0. The molecular weight excluding hydrogens is 308 g/mol. The summed E-state index contributed by atoms with van der Waals surface area (Å²) in [4.78, 5) is 2.35. The van der Waals surface area contributed by atoms with Crippen molar-refractivity contribution < 1.29 is 9.84 Å². The van der Waals surface area contributed by atoms with Crippen molar-refractivity contribution in [1.29, 1.82) is 0 Å². The Hall–Kier alpha value is -0.780. The van der Waals surface area contributed by atoms with Crippen molar-refractivity contribution in [1.82, 2.24) is 10.2 Å². The molecule has 4 nitrogen and oxygen atoms in total. The molecule has 0 saturated carbocycles. The van der Waals surface area contributed by atoms with Gasteiger partial charge in [-0.3, -0.25) is 4.90 Å². The van der Waals surface area contributed by atoms with Crippen LogP contribution >= 0.6 is 15.9 Å². The molecule has 19 heavy (non-hydrogen) atoms. The van der Waals surface area contributed by atoms with Gasteiger partial charge in [0.15, 0.2) is 11.5 Å². The molecule has 2 N–H and O–H groups in total. The molecule has 1 unspecified atom stereocenters. The van der Waals surface area contributed by atoms with Gasteiger partial charge in [0.05, 0.1) is 11.6 Å². The molecule has 1 aliphatic rings. The third-order valence-corrected chi connectivity index (χ3v) is 4.24. The highest BCUT2D eigenvalue weighted by atomic mass is 79.9. The largest absolute Gasteiger partial charge is 0.503 e. The Morgan fingerprint density at radius 2 is 2.32 bits per heavy atom. The van der Waals surface area contributed by atoms with Gasteiger partial charge in [0, 0.05) is 19.1 Å². The van der Waals surface area contributed by atoms with Gasteiger partial charge in [0.25, 0.3) is 0 Å². The third-order valence-electron chi connectivity index (χ3n) is 3.63. The number of nitrogens with zero attached hydrogens (tertiary/aromatic N) is 1. The zero-order chi connectivity index (χ0) is 13.8. The van der Waals surface area contributed by atoms with E-state index in [0.29, 0.717) is 16.3 Å². The Labute approximate surface area is 122 Å². The molecular formula is C14H21BrN2O2. The van der Waals surface area contributed by atoms with Gasteiger partial charge in [0.1, 0.15) is 0 Å². The number of hydrogen-bond donors (Lipinski definition) is 2. The number of phenolic OH excluding ortho intramolecular Hbond substituents is 1. The van der Waals surface area contributed by atoms with Gasteiger partial charge < -0.3 is 15.2 Å². The van der Waals surface area contributed by atoms with Crippen molar-refractivity contribution in [3.05, 3.63) is 22.2 Å². The topological polar surface area (TPSA) is 44.7 Å². The van der Waals surface area contributed by atoms with E-state index in [-0.39, 0.29) is 5.75 Å². The van der Waals surface area contributed by atoms with E-state index < -0.39 is 0 Å². The number of methoxy groups -OCH3 is 1. The van der Waals surface area contributed by atoms with Crippen LogP contribution in [0.3, 0.4) is 0 Å². The van der Waals surface area contributed by atoms with Gasteiger partial charge in [0.2, 0.25) is 0 Å². The summed E-state index contributed by atoms with van der Waals surface area (Å²) < 4.78 is 5.86. The first-order valence-corrected chi connectivity index (χ1v) is 7.37. The number of hydrogen-bond acceptors (Lipinski definition) is 4. The van der Waals surface area contributed by atoms with Gasteiger partial charge in [-0.2, -0.15) is 0 Å². The Balaban J connectivity index is 2.07. The van der Waals surface area contributed by atoms with Crippen molar-refractivity contribution in [3.8, 4) is 11.5 Å². The quantitative estimate of drug-likeness (QED) is 0.890. The number of likely N-dealkylation sites (N-methyl/N-ethyl adjacent to an activating group) is 1. The van der Waals surface area contributed by atoms with E-state index in [2.05, 4.69) is 33.2 Å². The predicted octanol–water partition coefficient (Wildman–Crippen LogP) is 2.35. The summed E-state index contributed by atoms with van der Waals surface area (Å²) in [5.41, 5.74) is 1.13. The minimum Gasteiger partial charge on any atom is -0.503 e. The van der Waals surface area contributed by atoms with Crippen molar-refractivity contribution in [2.24, 2.45) is 0 Å². The molecule has 1 atom stereocenters. The number of piperidine rings is 1. The van der Waals surface area contributed by atoms with Gasteiger partial charge in [-0.25, -0.2) is 0 Å². The zero-order valence-electron chi connectivity index (χ0n) is 11.4. The minimum atomic E-state index is 0.160. The Morgan fingerprint density at radius 1 is 1.53 bits per heavy atom. The van der Waals surface area contributed by atoms with Crippen molar-refractivity contribution in [3.63, 3.8) is 0 Å². The lowest BCUT2D eigenvalue weighted by molar-refractivity contribution is 0.195. The molecule has 5 heteroatoms. The molecule has 1 aromatic carbocycles. The van der Waals surface area contributed by atoms with E-state index in [9.17, 15) is 5.11 Å². The van der Waals surface area contributed by atoms with Crippen LogP contribution < -0.4 is 10.1 Å². The highest BCUT2D eigenvalue weighted by molar-refractivity contribution is 9.10. The van der Waals surface area contributed by atoms with E-state index >= 15 is 0 Å². The fourth-order valence-corrected chi connectivity index (χ4v) is 2.99. The maximum atomic E-state index is 9.81. The van der Waals surface area contributed by atoms with Gasteiger partial charge >= 0.3 is 0 Å². The van der Waals surface area contributed by atoms with Crippen LogP contribution in [-0.2, 0) is 6.54 Å². The summed E-state index contributed by atoms with van der Waals surface area (Å²) in [5, 5.41) is 13.2. The molecule has 0 radical (unpaired) electrons. The Kier molecular flexibility index (Phi) is 5.07. The first-order chi connectivity index (χ1) is 9.11. The van der Waals surface area contributed by atoms with E-state index in [4.69, 9.17) is 4.74 Å². The van der Waals surface area contributed by atoms with Gasteiger partial charge in [-0.1, -0.05) is 0 Å². The highest BCUT2D eigenvalue weighted by Crippen LogP contribution is 2.35. The lowest BCUT2D eigenvalue weighted by atomic mass is 10.1. The molecule has 1 aromatic rings. The molecule has 1 heterocycles. The van der Waals surface area contributed by atoms with E-state index in [1.807, 2.05) is 12.1 Å². The Morgan fingerprint density at radius 3 is 2.95 bits per heavy atom. The number of benzene rings is 1. The standard InChI is InChI=1S/C14H21BrN2O2/c1-17(11-4-3-5-16-8-11)9-10-6-12(15)14(18)13(7-10)19-2/h6-7,11,16,18H,3-5,8-9H2,1-2H3. The second-order valence-electron chi connectivity index (χ2n) is 5.04. The summed E-state index contributed by atoms with van der Waals surface area (Å²) in [6.45, 7) is 3.03. The minimum absolute atomic E-state index is 0.160. The second kappa shape index (κ2) is 6.59. The number of ether oxygens (including phenoxy) is 1. The molecule has 1 saturated heterocycles. The average Bonchev–Trinajstić information content (AvgIpc) is 2.43. The number of phenols is 1. The van der Waals surface area contributed by atoms with E-state index in [1.54, 1.807) is 7.11 Å². The average molecular weight is 329 g/mol. The number of halogens is 1. The maximum absolute atomic E-state index is 9.81. The molecule has 1 aliphatic heterocycles. The van der Waals surface area contributed by atoms with E-state index in [1.165, 1.54) is 12.8 Å². The number of aromatic hydroxyl groups is 1. The van der Waals surface area contributed by atoms with Crippen LogP contribution in [0.25, 0.3) is 0 Å². The number of nitrogens with one attached hydrogen (secondary N) is 1. The maximum Gasteiger partial charge on any atom is 0.172 e. The fraction of sp³-hybridized carbons (Fsp3) is 0.571. The third kappa shape index (κ3) is 3.61.